The molecule has 0 amide bonds. The van der Waals surface area contributed by atoms with E-state index in [0.717, 1.165) is 0 Å². The van der Waals surface area contributed by atoms with Crippen LogP contribution in [0.4, 0.5) is 0 Å². The van der Waals surface area contributed by atoms with Crippen molar-refractivity contribution in [1.82, 2.24) is 0 Å². The molecule has 4 nitrogen and oxygen atoms in total. The van der Waals surface area contributed by atoms with Crippen molar-refractivity contribution in [2.24, 2.45) is 0 Å². The number of halogens is 1. The molecule has 0 bridgehead atoms. The summed E-state index contributed by atoms with van der Waals surface area (Å²) in [6.45, 7) is 20.6. The molecule has 0 saturated carbocycles. The maximum Gasteiger partial charge on any atom is 0.238 e. The van der Waals surface area contributed by atoms with Gasteiger partial charge in [-0.2, -0.15) is 0 Å². The Hall–Kier alpha value is 0.0500. The van der Waals surface area contributed by atoms with E-state index in [2.05, 4.69) is 9.69 Å². The summed E-state index contributed by atoms with van der Waals surface area (Å²) >= 11 is 5.45. The smallest absolute Gasteiger partial charge is 0.238 e. The molecular formula is C9H17ClN2O2P2. The molecule has 0 aromatic rings. The van der Waals surface area contributed by atoms with E-state index in [1.54, 1.807) is 6.66 Å². The SMILES string of the molecule is [C-]#[N+]CCOP(C)C.[C-]#[N+]CCOP(C)Cl. The lowest BCUT2D eigenvalue weighted by Crippen LogP contribution is -1.89. The molecule has 0 heterocycles. The van der Waals surface area contributed by atoms with Crippen molar-refractivity contribution in [2.75, 3.05) is 46.3 Å². The molecule has 0 aliphatic rings. The van der Waals surface area contributed by atoms with E-state index >= 15 is 0 Å². The highest BCUT2D eigenvalue weighted by atomic mass is 35.7. The van der Waals surface area contributed by atoms with E-state index in [1.165, 1.54) is 0 Å². The Morgan fingerprint density at radius 3 is 1.75 bits per heavy atom. The summed E-state index contributed by atoms with van der Waals surface area (Å²) in [4.78, 5) is 6.23. The van der Waals surface area contributed by atoms with Gasteiger partial charge in [-0.1, -0.05) is 11.2 Å². The summed E-state index contributed by atoms with van der Waals surface area (Å²) in [6.07, 6.45) is 0. The molecule has 0 N–H and O–H groups in total. The van der Waals surface area contributed by atoms with Gasteiger partial charge in [0.25, 0.3) is 0 Å². The van der Waals surface area contributed by atoms with Crippen molar-refractivity contribution in [2.45, 2.75) is 0 Å². The third-order valence-electron chi connectivity index (χ3n) is 1.02. The molecule has 1 atom stereocenters. The fourth-order valence-corrected chi connectivity index (χ4v) is 1.47. The summed E-state index contributed by atoms with van der Waals surface area (Å²) in [5, 5.41) is 0. The van der Waals surface area contributed by atoms with E-state index < -0.39 is 7.50 Å². The first kappa shape index (κ1) is 18.4. The summed E-state index contributed by atoms with van der Waals surface area (Å²) < 4.78 is 10.0. The zero-order chi connectivity index (χ0) is 12.8. The van der Waals surface area contributed by atoms with Gasteiger partial charge in [-0.25, -0.2) is 13.1 Å². The first-order valence-electron chi connectivity index (χ1n) is 4.53. The molecular weight excluding hydrogens is 266 g/mol. The lowest BCUT2D eigenvalue weighted by Gasteiger charge is -2.00. The Balaban J connectivity index is 0. The Morgan fingerprint density at radius 1 is 1.00 bits per heavy atom. The van der Waals surface area contributed by atoms with Crippen LogP contribution in [0.25, 0.3) is 9.69 Å². The largest absolute Gasteiger partial charge is 0.352 e. The lowest BCUT2D eigenvalue weighted by atomic mass is 10.7. The Bertz CT molecular complexity index is 203. The fraction of sp³-hybridized carbons (Fsp3) is 0.778. The Morgan fingerprint density at radius 2 is 1.44 bits per heavy atom. The maximum absolute atomic E-state index is 6.40. The van der Waals surface area contributed by atoms with Gasteiger partial charge in [0, 0.05) is 8.15 Å². The topological polar surface area (TPSA) is 27.2 Å². The van der Waals surface area contributed by atoms with Crippen LogP contribution < -0.4 is 0 Å². The summed E-state index contributed by atoms with van der Waals surface area (Å²) in [6, 6.07) is 0. The van der Waals surface area contributed by atoms with Gasteiger partial charge in [0.05, 0.1) is 0 Å². The van der Waals surface area contributed by atoms with Gasteiger partial charge in [0.15, 0.2) is 0 Å². The van der Waals surface area contributed by atoms with Crippen LogP contribution in [-0.2, 0) is 9.05 Å². The molecule has 1 unspecified atom stereocenters. The maximum atomic E-state index is 6.40. The lowest BCUT2D eigenvalue weighted by molar-refractivity contribution is 0.379. The minimum absolute atomic E-state index is 0.255. The third kappa shape index (κ3) is 23.7. The third-order valence-corrected chi connectivity index (χ3v) is 2.55. The summed E-state index contributed by atoms with van der Waals surface area (Å²) in [5.41, 5.74) is 0. The highest BCUT2D eigenvalue weighted by molar-refractivity contribution is 7.79. The molecule has 0 aromatic carbocycles. The molecule has 7 heteroatoms. The highest BCUT2D eigenvalue weighted by Crippen LogP contribution is 2.36. The van der Waals surface area contributed by atoms with Crippen LogP contribution in [0.3, 0.4) is 0 Å². The van der Waals surface area contributed by atoms with Crippen LogP contribution in [0.2, 0.25) is 0 Å². The molecule has 0 spiro atoms. The van der Waals surface area contributed by atoms with Gasteiger partial charge in [0.2, 0.25) is 13.1 Å². The highest BCUT2D eigenvalue weighted by Gasteiger charge is 1.94. The molecule has 0 fully saturated rings. The molecule has 16 heavy (non-hydrogen) atoms. The molecule has 0 saturated heterocycles. The van der Waals surface area contributed by atoms with Crippen LogP contribution in [-0.4, -0.2) is 46.3 Å². The van der Waals surface area contributed by atoms with E-state index in [4.69, 9.17) is 33.4 Å². The van der Waals surface area contributed by atoms with Crippen molar-refractivity contribution in [1.29, 1.82) is 0 Å². The Kier molecular flexibility index (Phi) is 17.3. The molecule has 0 rings (SSSR count). The summed E-state index contributed by atoms with van der Waals surface area (Å²) in [5.74, 6) is 0. The van der Waals surface area contributed by atoms with Gasteiger partial charge in [-0.05, 0) is 20.0 Å². The second kappa shape index (κ2) is 15.0. The second-order valence-electron chi connectivity index (χ2n) is 2.66. The molecule has 92 valence electrons. The number of hydrogen-bond acceptors (Lipinski definition) is 2. The quantitative estimate of drug-likeness (QED) is 0.422. The zero-order valence-electron chi connectivity index (χ0n) is 9.81. The molecule has 0 aliphatic carbocycles. The van der Waals surface area contributed by atoms with Gasteiger partial charge in [-0.15, -0.1) is 0 Å². The molecule has 0 aliphatic heterocycles. The standard InChI is InChI=1S/C5H10NOP.C4H7ClNOP/c1-6-4-5-7-8(2)3;1-6-3-4-7-8(2)5/h4-5H2,2-3H3;3-4H2,2H3. The van der Waals surface area contributed by atoms with Gasteiger partial charge >= 0.3 is 0 Å². The number of rotatable bonds is 6. The average molecular weight is 283 g/mol. The van der Waals surface area contributed by atoms with Crippen molar-refractivity contribution in [3.8, 4) is 0 Å². The first-order chi connectivity index (χ1) is 7.54. The van der Waals surface area contributed by atoms with Crippen LogP contribution in [0, 0.1) is 13.1 Å². The van der Waals surface area contributed by atoms with Gasteiger partial charge < -0.3 is 18.7 Å². The predicted molar refractivity (Wildman–Crippen MR) is 72.3 cm³/mol. The van der Waals surface area contributed by atoms with Crippen LogP contribution in [0.5, 0.6) is 0 Å². The van der Waals surface area contributed by atoms with Crippen molar-refractivity contribution in [3.05, 3.63) is 22.8 Å². The summed E-state index contributed by atoms with van der Waals surface area (Å²) in [7, 11) is -1.04. The van der Waals surface area contributed by atoms with Crippen LogP contribution >= 0.6 is 26.9 Å². The van der Waals surface area contributed by atoms with E-state index in [0.29, 0.717) is 26.3 Å². The van der Waals surface area contributed by atoms with Gasteiger partial charge in [-0.3, -0.25) is 0 Å². The van der Waals surface area contributed by atoms with Gasteiger partial charge in [0.1, 0.15) is 20.7 Å². The zero-order valence-corrected chi connectivity index (χ0v) is 12.4. The van der Waals surface area contributed by atoms with Crippen LogP contribution in [0.1, 0.15) is 0 Å². The Labute approximate surface area is 105 Å². The normalized spacial score (nSPS) is 10.9. The van der Waals surface area contributed by atoms with E-state index in [9.17, 15) is 0 Å². The van der Waals surface area contributed by atoms with E-state index in [1.807, 2.05) is 13.3 Å². The monoisotopic (exact) mass is 282 g/mol. The fourth-order valence-electron chi connectivity index (χ4n) is 0.481. The molecule has 0 aromatic heterocycles. The minimum atomic E-state index is -0.783. The van der Waals surface area contributed by atoms with Crippen LogP contribution in [0.15, 0.2) is 0 Å². The van der Waals surface area contributed by atoms with Crippen molar-refractivity contribution in [3.63, 3.8) is 0 Å². The average Bonchev–Trinajstić information content (AvgIpc) is 2.18. The number of nitrogens with zero attached hydrogens (tertiary/aromatic N) is 2. The number of hydrogen-bond donors (Lipinski definition) is 0. The first-order valence-corrected chi connectivity index (χ1v) is 9.30. The van der Waals surface area contributed by atoms with Crippen molar-refractivity contribution < 1.29 is 9.05 Å². The van der Waals surface area contributed by atoms with Crippen molar-refractivity contribution >= 4 is 26.9 Å². The predicted octanol–water partition coefficient (Wildman–Crippen LogP) is 3.68. The second-order valence-corrected chi connectivity index (χ2v) is 7.07. The molecule has 0 radical (unpaired) electrons. The minimum Gasteiger partial charge on any atom is -0.352 e. The van der Waals surface area contributed by atoms with E-state index in [-0.39, 0.29) is 8.15 Å².